The number of thiazole rings is 1. The van der Waals surface area contributed by atoms with Crippen LogP contribution in [0.5, 0.6) is 0 Å². The van der Waals surface area contributed by atoms with E-state index >= 15 is 0 Å². The number of carbonyl (C=O) groups excluding carboxylic acids is 1. The molecule has 0 saturated heterocycles. The van der Waals surface area contributed by atoms with Crippen LogP contribution >= 0.6 is 11.3 Å². The first-order valence-corrected chi connectivity index (χ1v) is 6.06. The highest BCUT2D eigenvalue weighted by Crippen LogP contribution is 2.14. The van der Waals surface area contributed by atoms with Crippen LogP contribution in [0.1, 0.15) is 23.8 Å². The molecule has 0 saturated carbocycles. The minimum Gasteiger partial charge on any atom is -0.351 e. The van der Waals surface area contributed by atoms with Crippen LogP contribution in [0.3, 0.4) is 0 Å². The molecule has 0 aromatic carbocycles. The van der Waals surface area contributed by atoms with Crippen LogP contribution < -0.4 is 5.32 Å². The van der Waals surface area contributed by atoms with Gasteiger partial charge in [-0.2, -0.15) is 0 Å². The molecule has 0 aliphatic rings. The summed E-state index contributed by atoms with van der Waals surface area (Å²) in [5.41, 5.74) is 0.488. The Morgan fingerprint density at radius 2 is 2.25 bits per heavy atom. The summed E-state index contributed by atoms with van der Waals surface area (Å²) in [5, 5.41) is 5.39. The number of rotatable bonds is 4. The minimum absolute atomic E-state index is 0.100. The zero-order valence-corrected chi connectivity index (χ0v) is 9.83. The fraction of sp³-hybridized carbons (Fsp3) is 0.273. The van der Waals surface area contributed by atoms with Crippen molar-refractivity contribution in [3.63, 3.8) is 0 Å². The van der Waals surface area contributed by atoms with E-state index in [1.165, 1.54) is 11.3 Å². The Balaban J connectivity index is 2.11. The van der Waals surface area contributed by atoms with Crippen LogP contribution in [-0.4, -0.2) is 22.0 Å². The maximum Gasteiger partial charge on any atom is 0.270 e. The van der Waals surface area contributed by atoms with E-state index in [9.17, 15) is 4.79 Å². The number of aromatic nitrogens is 2. The number of nitrogens with zero attached hydrogens (tertiary/aromatic N) is 2. The first-order chi connectivity index (χ1) is 7.81. The quantitative estimate of drug-likeness (QED) is 0.882. The van der Waals surface area contributed by atoms with E-state index in [2.05, 4.69) is 10.3 Å². The highest BCUT2D eigenvalue weighted by Gasteiger charge is 2.10. The Morgan fingerprint density at radius 1 is 1.50 bits per heavy atom. The molecule has 1 amide bonds. The Morgan fingerprint density at radius 3 is 2.94 bits per heavy atom. The second kappa shape index (κ2) is 4.94. The van der Waals surface area contributed by atoms with Gasteiger partial charge in [0.1, 0.15) is 5.69 Å². The summed E-state index contributed by atoms with van der Waals surface area (Å²) in [6, 6.07) is 3.86. The van der Waals surface area contributed by atoms with Crippen molar-refractivity contribution in [2.24, 2.45) is 0 Å². The van der Waals surface area contributed by atoms with Crippen molar-refractivity contribution in [1.29, 1.82) is 0 Å². The van der Waals surface area contributed by atoms with E-state index in [4.69, 9.17) is 0 Å². The van der Waals surface area contributed by atoms with Crippen molar-refractivity contribution in [3.05, 3.63) is 35.6 Å². The van der Waals surface area contributed by atoms with Gasteiger partial charge in [0.15, 0.2) is 5.13 Å². The van der Waals surface area contributed by atoms with Gasteiger partial charge in [-0.3, -0.25) is 4.79 Å². The maximum atomic E-state index is 11.6. The number of nitrogens with one attached hydrogen (secondary N) is 1. The van der Waals surface area contributed by atoms with E-state index in [0.717, 1.165) is 11.6 Å². The molecular weight excluding hydrogens is 222 g/mol. The molecule has 0 aliphatic heterocycles. The molecule has 2 aromatic rings. The summed E-state index contributed by atoms with van der Waals surface area (Å²) in [6.45, 7) is 2.71. The smallest absolute Gasteiger partial charge is 0.270 e. The third kappa shape index (κ3) is 2.30. The van der Waals surface area contributed by atoms with Gasteiger partial charge >= 0.3 is 0 Å². The molecule has 5 heteroatoms. The fourth-order valence-electron chi connectivity index (χ4n) is 1.28. The fourth-order valence-corrected chi connectivity index (χ4v) is 2.05. The second-order valence-electron chi connectivity index (χ2n) is 3.36. The van der Waals surface area contributed by atoms with Gasteiger partial charge < -0.3 is 9.88 Å². The summed E-state index contributed by atoms with van der Waals surface area (Å²) in [5.74, 6) is -0.100. The molecule has 0 fully saturated rings. The van der Waals surface area contributed by atoms with Crippen molar-refractivity contribution in [1.82, 2.24) is 14.9 Å². The molecule has 0 spiro atoms. The standard InChI is InChI=1S/C11H13N3OS/c1-2-5-12-10(15)9-8-16-11(13-9)14-6-3-4-7-14/h3-4,6-8H,2,5H2,1H3,(H,12,15). The Bertz CT molecular complexity index is 461. The molecule has 2 heterocycles. The molecule has 0 bridgehead atoms. The summed E-state index contributed by atoms with van der Waals surface area (Å²) in [4.78, 5) is 15.9. The summed E-state index contributed by atoms with van der Waals surface area (Å²) in [6.07, 6.45) is 4.75. The first-order valence-electron chi connectivity index (χ1n) is 5.18. The number of hydrogen-bond acceptors (Lipinski definition) is 3. The van der Waals surface area contributed by atoms with Crippen molar-refractivity contribution in [3.8, 4) is 5.13 Å². The molecule has 2 rings (SSSR count). The topological polar surface area (TPSA) is 46.9 Å². The van der Waals surface area contributed by atoms with Crippen LogP contribution in [0.2, 0.25) is 0 Å². The lowest BCUT2D eigenvalue weighted by atomic mass is 10.4. The van der Waals surface area contributed by atoms with E-state index in [1.54, 1.807) is 5.38 Å². The molecule has 0 aliphatic carbocycles. The third-order valence-electron chi connectivity index (χ3n) is 2.09. The Labute approximate surface area is 97.9 Å². The number of hydrogen-bond donors (Lipinski definition) is 1. The van der Waals surface area contributed by atoms with Crippen LogP contribution in [0.4, 0.5) is 0 Å². The van der Waals surface area contributed by atoms with Gasteiger partial charge in [0.05, 0.1) is 0 Å². The molecular formula is C11H13N3OS. The van der Waals surface area contributed by atoms with Crippen LogP contribution in [0.25, 0.3) is 5.13 Å². The largest absolute Gasteiger partial charge is 0.351 e. The lowest BCUT2D eigenvalue weighted by molar-refractivity contribution is 0.0949. The highest BCUT2D eigenvalue weighted by molar-refractivity contribution is 7.12. The van der Waals surface area contributed by atoms with Crippen molar-refractivity contribution in [2.45, 2.75) is 13.3 Å². The monoisotopic (exact) mass is 235 g/mol. The van der Waals surface area contributed by atoms with Crippen molar-refractivity contribution >= 4 is 17.2 Å². The molecule has 4 nitrogen and oxygen atoms in total. The van der Waals surface area contributed by atoms with E-state index in [1.807, 2.05) is 36.0 Å². The molecule has 0 radical (unpaired) electrons. The lowest BCUT2D eigenvalue weighted by Gasteiger charge is -1.99. The predicted octanol–water partition coefficient (Wildman–Crippen LogP) is 2.07. The summed E-state index contributed by atoms with van der Waals surface area (Å²) in [7, 11) is 0. The normalized spacial score (nSPS) is 10.3. The first kappa shape index (κ1) is 10.9. The van der Waals surface area contributed by atoms with Gasteiger partial charge in [-0.15, -0.1) is 11.3 Å². The summed E-state index contributed by atoms with van der Waals surface area (Å²) < 4.78 is 1.89. The van der Waals surface area contributed by atoms with Crippen molar-refractivity contribution in [2.75, 3.05) is 6.54 Å². The minimum atomic E-state index is -0.100. The van der Waals surface area contributed by atoms with E-state index < -0.39 is 0 Å². The SMILES string of the molecule is CCCNC(=O)c1csc(-n2cccc2)n1. The van der Waals surface area contributed by atoms with Gasteiger partial charge in [-0.1, -0.05) is 6.92 Å². The number of amides is 1. The van der Waals surface area contributed by atoms with Crippen molar-refractivity contribution < 1.29 is 4.79 Å². The average molecular weight is 235 g/mol. The van der Waals surface area contributed by atoms with E-state index in [0.29, 0.717) is 12.2 Å². The zero-order valence-electron chi connectivity index (χ0n) is 9.01. The Hall–Kier alpha value is -1.62. The van der Waals surface area contributed by atoms with Gasteiger partial charge in [-0.05, 0) is 18.6 Å². The third-order valence-corrected chi connectivity index (χ3v) is 2.94. The molecule has 0 unspecified atom stereocenters. The van der Waals surface area contributed by atoms with Crippen LogP contribution in [-0.2, 0) is 0 Å². The molecule has 1 N–H and O–H groups in total. The van der Waals surface area contributed by atoms with Gasteiger partial charge in [0.2, 0.25) is 0 Å². The predicted molar refractivity (Wildman–Crippen MR) is 64.1 cm³/mol. The highest BCUT2D eigenvalue weighted by atomic mass is 32.1. The van der Waals surface area contributed by atoms with Gasteiger partial charge in [-0.25, -0.2) is 4.98 Å². The second-order valence-corrected chi connectivity index (χ2v) is 4.20. The van der Waals surface area contributed by atoms with Crippen LogP contribution in [0.15, 0.2) is 29.9 Å². The Kier molecular flexibility index (Phi) is 3.36. The molecule has 0 atom stereocenters. The van der Waals surface area contributed by atoms with E-state index in [-0.39, 0.29) is 5.91 Å². The van der Waals surface area contributed by atoms with Crippen LogP contribution in [0, 0.1) is 0 Å². The molecule has 2 aromatic heterocycles. The molecule has 84 valence electrons. The zero-order chi connectivity index (χ0) is 11.4. The number of carbonyl (C=O) groups is 1. The molecule has 16 heavy (non-hydrogen) atoms. The van der Waals surface area contributed by atoms with Gasteiger partial charge in [0, 0.05) is 24.3 Å². The lowest BCUT2D eigenvalue weighted by Crippen LogP contribution is -2.24. The van der Waals surface area contributed by atoms with Gasteiger partial charge in [0.25, 0.3) is 5.91 Å². The maximum absolute atomic E-state index is 11.6. The average Bonchev–Trinajstić information content (AvgIpc) is 2.94. The summed E-state index contributed by atoms with van der Waals surface area (Å²) >= 11 is 1.46.